The van der Waals surface area contributed by atoms with E-state index in [-0.39, 0.29) is 4.58 Å². The highest BCUT2D eigenvalue weighted by Gasteiger charge is 2.16. The number of hydrogen-bond acceptors (Lipinski definition) is 2. The van der Waals surface area contributed by atoms with Crippen molar-refractivity contribution in [3.8, 4) is 0 Å². The Kier molecular flexibility index (Phi) is 5.09. The van der Waals surface area contributed by atoms with E-state index in [0.29, 0.717) is 5.92 Å². The van der Waals surface area contributed by atoms with Crippen molar-refractivity contribution in [1.82, 2.24) is 0 Å². The summed E-state index contributed by atoms with van der Waals surface area (Å²) in [7, 11) is -0.742. The fraction of sp³-hybridized carbons (Fsp3) is 0.714. The van der Waals surface area contributed by atoms with Crippen molar-refractivity contribution >= 4 is 22.6 Å². The van der Waals surface area contributed by atoms with Crippen LogP contribution in [0.25, 0.3) is 0 Å². The zero-order valence-electron chi connectivity index (χ0n) is 6.66. The molecule has 3 heteroatoms. The molecular weight excluding hydrogens is 164 g/mol. The van der Waals surface area contributed by atoms with Crippen molar-refractivity contribution < 1.29 is 4.21 Å². The molecule has 0 aliphatic rings. The van der Waals surface area contributed by atoms with Crippen LogP contribution in [0.3, 0.4) is 0 Å². The first-order chi connectivity index (χ1) is 4.63. The third-order valence-corrected chi connectivity index (χ3v) is 4.73. The molecule has 10 heavy (non-hydrogen) atoms. The molecule has 0 saturated carbocycles. The monoisotopic (exact) mass is 178 g/mol. The quantitative estimate of drug-likeness (QED) is 0.611. The molecule has 0 amide bonds. The first-order valence-electron chi connectivity index (χ1n) is 3.11. The van der Waals surface area contributed by atoms with Gasteiger partial charge in [-0.2, -0.15) is 0 Å². The molecule has 0 aliphatic heterocycles. The molecule has 0 aromatic heterocycles. The second kappa shape index (κ2) is 4.97. The van der Waals surface area contributed by atoms with Gasteiger partial charge in [-0.15, -0.1) is 18.3 Å². The molecule has 0 aliphatic carbocycles. The highest BCUT2D eigenvalue weighted by molar-refractivity contribution is 8.10. The maximum absolute atomic E-state index is 11.0. The van der Waals surface area contributed by atoms with Gasteiger partial charge in [0.1, 0.15) is 0 Å². The summed E-state index contributed by atoms with van der Waals surface area (Å²) in [4.78, 5) is 0. The molecular formula is C7H14OS2. The third kappa shape index (κ3) is 2.88. The Hall–Kier alpha value is 0.240. The number of rotatable bonds is 4. The Morgan fingerprint density at radius 1 is 1.70 bits per heavy atom. The van der Waals surface area contributed by atoms with E-state index in [1.54, 1.807) is 18.0 Å². The zero-order chi connectivity index (χ0) is 8.15. The highest BCUT2D eigenvalue weighted by Crippen LogP contribution is 2.20. The van der Waals surface area contributed by atoms with Crippen LogP contribution in [0.4, 0.5) is 0 Å². The Balaban J connectivity index is 4.05. The summed E-state index contributed by atoms with van der Waals surface area (Å²) >= 11 is 1.64. The number of thioether (sulfide) groups is 1. The van der Waals surface area contributed by atoms with Crippen molar-refractivity contribution in [2.45, 2.75) is 11.5 Å². The van der Waals surface area contributed by atoms with Crippen LogP contribution in [-0.4, -0.2) is 21.3 Å². The zero-order valence-corrected chi connectivity index (χ0v) is 8.30. The van der Waals surface area contributed by atoms with Gasteiger partial charge in [-0.1, -0.05) is 13.0 Å². The average Bonchev–Trinajstić information content (AvgIpc) is 1.88. The van der Waals surface area contributed by atoms with Gasteiger partial charge >= 0.3 is 0 Å². The van der Waals surface area contributed by atoms with Gasteiger partial charge in [-0.05, 0) is 12.2 Å². The van der Waals surface area contributed by atoms with E-state index < -0.39 is 10.8 Å². The minimum Gasteiger partial charge on any atom is -0.259 e. The van der Waals surface area contributed by atoms with E-state index in [1.807, 2.05) is 19.3 Å². The van der Waals surface area contributed by atoms with Crippen molar-refractivity contribution in [2.24, 2.45) is 5.92 Å². The SMILES string of the molecule is C=CC(C)C(SC)S(C)=O. The van der Waals surface area contributed by atoms with Gasteiger partial charge in [0, 0.05) is 17.1 Å². The van der Waals surface area contributed by atoms with Crippen LogP contribution >= 0.6 is 11.8 Å². The molecule has 1 nitrogen and oxygen atoms in total. The lowest BCUT2D eigenvalue weighted by molar-refractivity contribution is 0.674. The molecule has 0 saturated heterocycles. The lowest BCUT2D eigenvalue weighted by atomic mass is 10.2. The van der Waals surface area contributed by atoms with Crippen molar-refractivity contribution in [3.05, 3.63) is 12.7 Å². The smallest absolute Gasteiger partial charge is 0.0855 e. The van der Waals surface area contributed by atoms with Gasteiger partial charge in [0.2, 0.25) is 0 Å². The third-order valence-electron chi connectivity index (χ3n) is 1.36. The summed E-state index contributed by atoms with van der Waals surface area (Å²) in [6.07, 6.45) is 5.57. The number of hydrogen-bond donors (Lipinski definition) is 0. The summed E-state index contributed by atoms with van der Waals surface area (Å²) in [5, 5.41) is 0. The molecule has 0 rings (SSSR count). The van der Waals surface area contributed by atoms with Crippen molar-refractivity contribution in [2.75, 3.05) is 12.5 Å². The van der Waals surface area contributed by atoms with Crippen molar-refractivity contribution in [3.63, 3.8) is 0 Å². The van der Waals surface area contributed by atoms with Gasteiger partial charge in [-0.25, -0.2) is 0 Å². The standard InChI is InChI=1S/C7H14OS2/c1-5-6(2)7(9-3)10(4)8/h5-7H,1H2,2-4H3. The van der Waals surface area contributed by atoms with Gasteiger partial charge in [0.15, 0.2) is 0 Å². The topological polar surface area (TPSA) is 17.1 Å². The molecule has 0 aromatic rings. The van der Waals surface area contributed by atoms with Crippen LogP contribution in [0.5, 0.6) is 0 Å². The molecule has 3 unspecified atom stereocenters. The van der Waals surface area contributed by atoms with Crippen LogP contribution in [0, 0.1) is 5.92 Å². The molecule has 0 heterocycles. The average molecular weight is 178 g/mol. The second-order valence-corrected chi connectivity index (χ2v) is 4.98. The molecule has 0 bridgehead atoms. The largest absolute Gasteiger partial charge is 0.259 e. The maximum Gasteiger partial charge on any atom is 0.0855 e. The van der Waals surface area contributed by atoms with Crippen LogP contribution < -0.4 is 0 Å². The number of allylic oxidation sites excluding steroid dienone is 1. The Morgan fingerprint density at radius 3 is 2.30 bits per heavy atom. The minimum absolute atomic E-state index is 0.206. The van der Waals surface area contributed by atoms with Gasteiger partial charge < -0.3 is 0 Å². The molecule has 0 N–H and O–H groups in total. The fourth-order valence-corrected chi connectivity index (χ4v) is 3.10. The Bertz CT molecular complexity index is 134. The van der Waals surface area contributed by atoms with E-state index >= 15 is 0 Å². The van der Waals surface area contributed by atoms with Gasteiger partial charge in [-0.3, -0.25) is 4.21 Å². The molecule has 0 radical (unpaired) electrons. The normalized spacial score (nSPS) is 19.5. The van der Waals surface area contributed by atoms with Gasteiger partial charge in [0.25, 0.3) is 0 Å². The first kappa shape index (κ1) is 10.2. The summed E-state index contributed by atoms with van der Waals surface area (Å²) in [6, 6.07) is 0. The van der Waals surface area contributed by atoms with E-state index in [1.165, 1.54) is 0 Å². The molecule has 3 atom stereocenters. The Labute approximate surface area is 69.7 Å². The van der Waals surface area contributed by atoms with E-state index in [9.17, 15) is 4.21 Å². The van der Waals surface area contributed by atoms with Crippen LogP contribution in [0.15, 0.2) is 12.7 Å². The first-order valence-corrected chi connectivity index (χ1v) is 6.02. The van der Waals surface area contributed by atoms with Crippen LogP contribution in [0.1, 0.15) is 6.92 Å². The second-order valence-electron chi connectivity index (χ2n) is 2.20. The summed E-state index contributed by atoms with van der Waals surface area (Å²) < 4.78 is 11.2. The highest BCUT2D eigenvalue weighted by atomic mass is 32.2. The lowest BCUT2D eigenvalue weighted by Gasteiger charge is -2.15. The molecule has 0 aromatic carbocycles. The van der Waals surface area contributed by atoms with Crippen LogP contribution in [0.2, 0.25) is 0 Å². The molecule has 0 spiro atoms. The predicted octanol–water partition coefficient (Wildman–Crippen LogP) is 1.88. The fourth-order valence-electron chi connectivity index (χ4n) is 0.764. The predicted molar refractivity (Wildman–Crippen MR) is 50.7 cm³/mol. The lowest BCUT2D eigenvalue weighted by Crippen LogP contribution is -2.16. The summed E-state index contributed by atoms with van der Waals surface area (Å²) in [5.74, 6) is 0.334. The molecule has 60 valence electrons. The maximum atomic E-state index is 11.0. The van der Waals surface area contributed by atoms with Crippen molar-refractivity contribution in [1.29, 1.82) is 0 Å². The minimum atomic E-state index is -0.742. The van der Waals surface area contributed by atoms with Crippen LogP contribution in [-0.2, 0) is 10.8 Å². The summed E-state index contributed by atoms with van der Waals surface area (Å²) in [6.45, 7) is 5.70. The Morgan fingerprint density at radius 2 is 2.20 bits per heavy atom. The van der Waals surface area contributed by atoms with E-state index in [2.05, 4.69) is 6.58 Å². The van der Waals surface area contributed by atoms with E-state index in [0.717, 1.165) is 0 Å². The van der Waals surface area contributed by atoms with E-state index in [4.69, 9.17) is 0 Å². The molecule has 0 fully saturated rings. The summed E-state index contributed by atoms with van der Waals surface area (Å²) in [5.41, 5.74) is 0. The van der Waals surface area contributed by atoms with Gasteiger partial charge in [0.05, 0.1) is 4.58 Å².